The molecule has 8 nitrogen and oxygen atoms in total. The Labute approximate surface area is 159 Å². The Balaban J connectivity index is 1.77. The first kappa shape index (κ1) is 19.4. The zero-order chi connectivity index (χ0) is 19.3. The van der Waals surface area contributed by atoms with Gasteiger partial charge in [0.1, 0.15) is 16.7 Å². The molecule has 1 fully saturated rings. The van der Waals surface area contributed by atoms with Gasteiger partial charge in [0, 0.05) is 18.8 Å². The zero-order valence-electron chi connectivity index (χ0n) is 15.4. The number of hydrogen-bond acceptors (Lipinski definition) is 7. The van der Waals surface area contributed by atoms with Crippen molar-refractivity contribution in [2.45, 2.75) is 30.8 Å². The number of nitrogens with zero attached hydrogens (tertiary/aromatic N) is 3. The van der Waals surface area contributed by atoms with Crippen molar-refractivity contribution in [3.05, 3.63) is 36.5 Å². The number of methoxy groups -OCH3 is 1. The molecular formula is C18H23N3O5S. The molecule has 1 unspecified atom stereocenters. The summed E-state index contributed by atoms with van der Waals surface area (Å²) < 4.78 is 44.0. The highest BCUT2D eigenvalue weighted by molar-refractivity contribution is 7.89. The summed E-state index contributed by atoms with van der Waals surface area (Å²) in [5, 5.41) is 0. The van der Waals surface area contributed by atoms with Crippen molar-refractivity contribution in [2.75, 3.05) is 26.8 Å². The standard InChI is InChI=1S/C18H23N3O5S/c1-3-25-15-8-4-5-9-16(15)27(22,23)21-12-6-7-14(13-21)26-17-10-11-19-18(20-17)24-2/h4-5,8-11,14H,3,6-7,12-13H2,1-2H3. The largest absolute Gasteiger partial charge is 0.492 e. The molecule has 0 N–H and O–H groups in total. The Hall–Kier alpha value is -2.39. The van der Waals surface area contributed by atoms with E-state index in [0.29, 0.717) is 31.2 Å². The lowest BCUT2D eigenvalue weighted by Crippen LogP contribution is -2.44. The van der Waals surface area contributed by atoms with E-state index in [9.17, 15) is 8.42 Å². The number of ether oxygens (including phenoxy) is 3. The van der Waals surface area contributed by atoms with Crippen LogP contribution in [0.5, 0.6) is 17.6 Å². The van der Waals surface area contributed by atoms with Crippen LogP contribution < -0.4 is 14.2 Å². The fourth-order valence-corrected chi connectivity index (χ4v) is 4.60. The van der Waals surface area contributed by atoms with Gasteiger partial charge in [-0.15, -0.1) is 0 Å². The molecule has 9 heteroatoms. The molecule has 0 radical (unpaired) electrons. The lowest BCUT2D eigenvalue weighted by Gasteiger charge is -2.32. The van der Waals surface area contributed by atoms with Crippen LogP contribution in [0.4, 0.5) is 0 Å². The molecule has 1 aliphatic heterocycles. The maximum atomic E-state index is 13.1. The van der Waals surface area contributed by atoms with E-state index in [0.717, 1.165) is 6.42 Å². The van der Waals surface area contributed by atoms with E-state index in [4.69, 9.17) is 14.2 Å². The van der Waals surface area contributed by atoms with Crippen molar-refractivity contribution in [1.29, 1.82) is 0 Å². The van der Waals surface area contributed by atoms with E-state index in [2.05, 4.69) is 9.97 Å². The molecule has 27 heavy (non-hydrogen) atoms. The van der Waals surface area contributed by atoms with Crippen LogP contribution in [-0.2, 0) is 10.0 Å². The van der Waals surface area contributed by atoms with Crippen molar-refractivity contribution in [3.63, 3.8) is 0 Å². The molecule has 0 saturated carbocycles. The van der Waals surface area contributed by atoms with Gasteiger partial charge in [-0.2, -0.15) is 9.29 Å². The van der Waals surface area contributed by atoms with Crippen LogP contribution in [0.15, 0.2) is 41.4 Å². The van der Waals surface area contributed by atoms with Crippen molar-refractivity contribution in [3.8, 4) is 17.6 Å². The summed E-state index contributed by atoms with van der Waals surface area (Å²) >= 11 is 0. The van der Waals surface area contributed by atoms with Crippen LogP contribution in [0.25, 0.3) is 0 Å². The van der Waals surface area contributed by atoms with Gasteiger partial charge < -0.3 is 14.2 Å². The maximum Gasteiger partial charge on any atom is 0.319 e. The molecule has 1 atom stereocenters. The summed E-state index contributed by atoms with van der Waals surface area (Å²) in [6.45, 7) is 2.91. The molecule has 1 aliphatic rings. The summed E-state index contributed by atoms with van der Waals surface area (Å²) in [5.41, 5.74) is 0. The molecule has 0 bridgehead atoms. The number of piperidine rings is 1. The van der Waals surface area contributed by atoms with Gasteiger partial charge in [-0.3, -0.25) is 0 Å². The molecule has 0 amide bonds. The molecule has 3 rings (SSSR count). The van der Waals surface area contributed by atoms with Gasteiger partial charge in [0.15, 0.2) is 0 Å². The van der Waals surface area contributed by atoms with Crippen LogP contribution in [0, 0.1) is 0 Å². The van der Waals surface area contributed by atoms with Gasteiger partial charge in [-0.05, 0) is 31.9 Å². The molecule has 146 valence electrons. The van der Waals surface area contributed by atoms with E-state index in [1.165, 1.54) is 17.6 Å². The third-order valence-electron chi connectivity index (χ3n) is 4.19. The Morgan fingerprint density at radius 3 is 2.85 bits per heavy atom. The maximum absolute atomic E-state index is 13.1. The highest BCUT2D eigenvalue weighted by Gasteiger charge is 2.33. The topological polar surface area (TPSA) is 90.9 Å². The first-order valence-corrected chi connectivity index (χ1v) is 10.2. The molecule has 2 heterocycles. The van der Waals surface area contributed by atoms with Crippen molar-refractivity contribution < 1.29 is 22.6 Å². The average molecular weight is 393 g/mol. The number of rotatable bonds is 7. The van der Waals surface area contributed by atoms with Gasteiger partial charge >= 0.3 is 6.01 Å². The van der Waals surface area contributed by atoms with Gasteiger partial charge in [0.2, 0.25) is 15.9 Å². The van der Waals surface area contributed by atoms with Crippen molar-refractivity contribution in [2.24, 2.45) is 0 Å². The molecule has 1 aromatic heterocycles. The number of hydrogen-bond donors (Lipinski definition) is 0. The fourth-order valence-electron chi connectivity index (χ4n) is 2.96. The quantitative estimate of drug-likeness (QED) is 0.711. The third-order valence-corrected chi connectivity index (χ3v) is 6.09. The van der Waals surface area contributed by atoms with E-state index in [1.54, 1.807) is 30.3 Å². The Morgan fingerprint density at radius 1 is 1.26 bits per heavy atom. The Bertz CT molecular complexity index is 875. The predicted octanol–water partition coefficient (Wildman–Crippen LogP) is 2.12. The normalized spacial score (nSPS) is 18.1. The number of aromatic nitrogens is 2. The van der Waals surface area contributed by atoms with E-state index in [-0.39, 0.29) is 23.6 Å². The van der Waals surface area contributed by atoms with Crippen LogP contribution >= 0.6 is 0 Å². The SMILES string of the molecule is CCOc1ccccc1S(=O)(=O)N1CCCC(Oc2ccnc(OC)n2)C1. The van der Waals surface area contributed by atoms with Gasteiger partial charge in [-0.25, -0.2) is 13.4 Å². The molecule has 0 aliphatic carbocycles. The lowest BCUT2D eigenvalue weighted by atomic mass is 10.1. The van der Waals surface area contributed by atoms with Crippen molar-refractivity contribution >= 4 is 10.0 Å². The second kappa shape index (κ2) is 8.53. The van der Waals surface area contributed by atoms with Gasteiger partial charge in [0.25, 0.3) is 0 Å². The van der Waals surface area contributed by atoms with Gasteiger partial charge in [-0.1, -0.05) is 12.1 Å². The summed E-state index contributed by atoms with van der Waals surface area (Å²) in [4.78, 5) is 8.24. The molecule has 1 aromatic carbocycles. The summed E-state index contributed by atoms with van der Waals surface area (Å²) in [5.74, 6) is 0.726. The summed E-state index contributed by atoms with van der Waals surface area (Å²) in [6.07, 6.45) is 2.68. The fraction of sp³-hybridized carbons (Fsp3) is 0.444. The number of sulfonamides is 1. The van der Waals surface area contributed by atoms with Crippen molar-refractivity contribution in [1.82, 2.24) is 14.3 Å². The van der Waals surface area contributed by atoms with Crippen LogP contribution in [0.3, 0.4) is 0 Å². The highest BCUT2D eigenvalue weighted by Crippen LogP contribution is 2.29. The minimum Gasteiger partial charge on any atom is -0.492 e. The van der Waals surface area contributed by atoms with Gasteiger partial charge in [0.05, 0.1) is 20.3 Å². The minimum absolute atomic E-state index is 0.177. The second-order valence-electron chi connectivity index (χ2n) is 6.01. The Morgan fingerprint density at radius 2 is 2.07 bits per heavy atom. The average Bonchev–Trinajstić information content (AvgIpc) is 2.69. The minimum atomic E-state index is -3.68. The monoisotopic (exact) mass is 393 g/mol. The number of benzene rings is 1. The first-order chi connectivity index (χ1) is 13.0. The smallest absolute Gasteiger partial charge is 0.319 e. The molecule has 1 saturated heterocycles. The Kier molecular flexibility index (Phi) is 6.12. The van der Waals surface area contributed by atoms with Crippen LogP contribution in [-0.4, -0.2) is 55.6 Å². The second-order valence-corrected chi connectivity index (χ2v) is 7.91. The first-order valence-electron chi connectivity index (χ1n) is 8.80. The summed E-state index contributed by atoms with van der Waals surface area (Å²) in [7, 11) is -2.21. The highest BCUT2D eigenvalue weighted by atomic mass is 32.2. The lowest BCUT2D eigenvalue weighted by molar-refractivity contribution is 0.123. The summed E-state index contributed by atoms with van der Waals surface area (Å²) in [6, 6.07) is 8.52. The number of para-hydroxylation sites is 1. The molecular weight excluding hydrogens is 370 g/mol. The van der Waals surface area contributed by atoms with E-state index >= 15 is 0 Å². The van der Waals surface area contributed by atoms with E-state index < -0.39 is 10.0 Å². The van der Waals surface area contributed by atoms with E-state index in [1.807, 2.05) is 6.92 Å². The predicted molar refractivity (Wildman–Crippen MR) is 98.6 cm³/mol. The molecule has 0 spiro atoms. The molecule has 2 aromatic rings. The van der Waals surface area contributed by atoms with Crippen LogP contribution in [0.1, 0.15) is 19.8 Å². The zero-order valence-corrected chi connectivity index (χ0v) is 16.2. The third kappa shape index (κ3) is 4.48. The van der Waals surface area contributed by atoms with Crippen LogP contribution in [0.2, 0.25) is 0 Å².